The van der Waals surface area contributed by atoms with Gasteiger partial charge in [0.05, 0.1) is 29.4 Å². The summed E-state index contributed by atoms with van der Waals surface area (Å²) in [5.41, 5.74) is 2.89. The first-order valence-corrected chi connectivity index (χ1v) is 9.36. The second-order valence-electron chi connectivity index (χ2n) is 6.29. The number of anilines is 1. The molecule has 1 aromatic carbocycles. The van der Waals surface area contributed by atoms with Crippen molar-refractivity contribution in [1.29, 1.82) is 0 Å². The highest BCUT2D eigenvalue weighted by atomic mass is 32.1. The Labute approximate surface area is 155 Å². The molecule has 0 aliphatic carbocycles. The zero-order valence-electron chi connectivity index (χ0n) is 14.6. The van der Waals surface area contributed by atoms with Gasteiger partial charge in [-0.1, -0.05) is 12.1 Å². The maximum atomic E-state index is 9.58. The summed E-state index contributed by atoms with van der Waals surface area (Å²) in [6.07, 6.45) is -0.448. The summed E-state index contributed by atoms with van der Waals surface area (Å²) in [6.45, 7) is 4.71. The van der Waals surface area contributed by atoms with E-state index in [-0.39, 0.29) is 0 Å². The molecule has 26 heavy (non-hydrogen) atoms. The van der Waals surface area contributed by atoms with E-state index >= 15 is 0 Å². The first-order valence-electron chi connectivity index (χ1n) is 8.48. The molecule has 7 heteroatoms. The van der Waals surface area contributed by atoms with E-state index in [1.807, 2.05) is 48.7 Å². The molecule has 4 aromatic rings. The van der Waals surface area contributed by atoms with Crippen LogP contribution >= 0.6 is 11.3 Å². The molecular weight excluding hydrogens is 348 g/mol. The summed E-state index contributed by atoms with van der Waals surface area (Å²) >= 11 is 1.57. The zero-order chi connectivity index (χ0) is 18.1. The van der Waals surface area contributed by atoms with E-state index in [0.29, 0.717) is 13.1 Å². The Kier molecular flexibility index (Phi) is 4.48. The average molecular weight is 368 g/mol. The van der Waals surface area contributed by atoms with Crippen molar-refractivity contribution in [2.45, 2.75) is 26.5 Å². The Bertz CT molecular complexity index is 1030. The van der Waals surface area contributed by atoms with Gasteiger partial charge in [-0.05, 0) is 38.1 Å². The number of aliphatic hydroxyl groups excluding tert-OH is 1. The molecule has 0 aliphatic heterocycles. The van der Waals surface area contributed by atoms with E-state index in [1.165, 1.54) is 0 Å². The topological polar surface area (TPSA) is 76.1 Å². The summed E-state index contributed by atoms with van der Waals surface area (Å²) in [6, 6.07) is 11.9. The van der Waals surface area contributed by atoms with Crippen LogP contribution in [0.15, 0.2) is 46.2 Å². The molecule has 0 fully saturated rings. The maximum absolute atomic E-state index is 9.58. The van der Waals surface area contributed by atoms with Crippen LogP contribution in [-0.2, 0) is 6.54 Å². The van der Waals surface area contributed by atoms with Gasteiger partial charge in [-0.3, -0.25) is 0 Å². The molecular formula is C19H20N4O2S. The lowest BCUT2D eigenvalue weighted by molar-refractivity contribution is 0.208. The van der Waals surface area contributed by atoms with Gasteiger partial charge >= 0.3 is 0 Å². The predicted octanol–water partition coefficient (Wildman–Crippen LogP) is 3.90. The summed E-state index contributed by atoms with van der Waals surface area (Å²) in [4.78, 5) is 9.36. The fourth-order valence-corrected chi connectivity index (χ4v) is 3.58. The smallest absolute Gasteiger partial charge is 0.204 e. The standard InChI is InChI=1S/C19H20N4O2S/c1-12(24)9-20-19-22-15-5-3-4-6-16(15)23(19)10-14-11-26-18(21-14)17-8-7-13(2)25-17/h3-8,11-12,24H,9-10H2,1-2H3,(H,20,22)/t12-/m1/s1. The van der Waals surface area contributed by atoms with Crippen molar-refractivity contribution < 1.29 is 9.52 Å². The number of aryl methyl sites for hydroxylation is 1. The van der Waals surface area contributed by atoms with E-state index in [0.717, 1.165) is 39.2 Å². The second-order valence-corrected chi connectivity index (χ2v) is 7.15. The van der Waals surface area contributed by atoms with Crippen LogP contribution in [0.5, 0.6) is 0 Å². The number of nitrogens with zero attached hydrogens (tertiary/aromatic N) is 3. The molecule has 0 bridgehead atoms. The van der Waals surface area contributed by atoms with Crippen LogP contribution in [-0.4, -0.2) is 32.3 Å². The van der Waals surface area contributed by atoms with E-state index in [4.69, 9.17) is 9.40 Å². The van der Waals surface area contributed by atoms with E-state index in [2.05, 4.69) is 14.9 Å². The average Bonchev–Trinajstić information content (AvgIpc) is 3.33. The van der Waals surface area contributed by atoms with Gasteiger partial charge in [0.2, 0.25) is 5.95 Å². The molecule has 3 aromatic heterocycles. The monoisotopic (exact) mass is 368 g/mol. The highest BCUT2D eigenvalue weighted by Gasteiger charge is 2.14. The van der Waals surface area contributed by atoms with Crippen molar-refractivity contribution in [2.75, 3.05) is 11.9 Å². The Morgan fingerprint density at radius 2 is 2.08 bits per heavy atom. The number of hydrogen-bond acceptors (Lipinski definition) is 6. The zero-order valence-corrected chi connectivity index (χ0v) is 15.5. The van der Waals surface area contributed by atoms with Crippen molar-refractivity contribution in [3.05, 3.63) is 53.2 Å². The summed E-state index contributed by atoms with van der Waals surface area (Å²) < 4.78 is 7.75. The van der Waals surface area contributed by atoms with Crippen LogP contribution in [0.25, 0.3) is 21.8 Å². The highest BCUT2D eigenvalue weighted by molar-refractivity contribution is 7.13. The lowest BCUT2D eigenvalue weighted by atomic mass is 10.3. The van der Waals surface area contributed by atoms with Crippen molar-refractivity contribution in [3.63, 3.8) is 0 Å². The van der Waals surface area contributed by atoms with Crippen LogP contribution in [0.3, 0.4) is 0 Å². The number of aromatic nitrogens is 3. The maximum Gasteiger partial charge on any atom is 0.204 e. The number of hydrogen-bond donors (Lipinski definition) is 2. The predicted molar refractivity (Wildman–Crippen MR) is 104 cm³/mol. The van der Waals surface area contributed by atoms with Crippen molar-refractivity contribution >= 4 is 28.3 Å². The van der Waals surface area contributed by atoms with Crippen LogP contribution < -0.4 is 5.32 Å². The Hall–Kier alpha value is -2.64. The van der Waals surface area contributed by atoms with Crippen LogP contribution in [0.2, 0.25) is 0 Å². The molecule has 0 aliphatic rings. The molecule has 0 saturated heterocycles. The first kappa shape index (κ1) is 16.8. The Morgan fingerprint density at radius 3 is 2.85 bits per heavy atom. The molecule has 0 unspecified atom stereocenters. The summed E-state index contributed by atoms with van der Waals surface area (Å²) in [5, 5.41) is 15.7. The van der Waals surface area contributed by atoms with Gasteiger partial charge in [0.25, 0.3) is 0 Å². The lowest BCUT2D eigenvalue weighted by Gasteiger charge is -2.10. The van der Waals surface area contributed by atoms with Crippen molar-refractivity contribution in [2.24, 2.45) is 0 Å². The summed E-state index contributed by atoms with van der Waals surface area (Å²) in [5.74, 6) is 2.40. The molecule has 4 rings (SSSR count). The van der Waals surface area contributed by atoms with Crippen LogP contribution in [0.1, 0.15) is 18.4 Å². The lowest BCUT2D eigenvalue weighted by Crippen LogP contribution is -2.18. The summed E-state index contributed by atoms with van der Waals surface area (Å²) in [7, 11) is 0. The number of rotatable bonds is 6. The number of furan rings is 1. The van der Waals surface area contributed by atoms with Gasteiger partial charge in [0.1, 0.15) is 5.76 Å². The Morgan fingerprint density at radius 1 is 1.23 bits per heavy atom. The minimum absolute atomic E-state index is 0.442. The van der Waals surface area contributed by atoms with Crippen molar-refractivity contribution in [3.8, 4) is 10.8 Å². The fraction of sp³-hybridized carbons (Fsp3) is 0.263. The third-order valence-corrected chi connectivity index (χ3v) is 4.94. The largest absolute Gasteiger partial charge is 0.459 e. The van der Waals surface area contributed by atoms with Crippen LogP contribution in [0.4, 0.5) is 5.95 Å². The van der Waals surface area contributed by atoms with Gasteiger partial charge in [0.15, 0.2) is 10.8 Å². The van der Waals surface area contributed by atoms with Crippen molar-refractivity contribution in [1.82, 2.24) is 14.5 Å². The minimum Gasteiger partial charge on any atom is -0.459 e. The molecule has 2 N–H and O–H groups in total. The number of fused-ring (bicyclic) bond motifs is 1. The van der Waals surface area contributed by atoms with Gasteiger partial charge in [-0.25, -0.2) is 9.97 Å². The molecule has 6 nitrogen and oxygen atoms in total. The normalized spacial score (nSPS) is 12.6. The third-order valence-electron chi connectivity index (χ3n) is 4.03. The molecule has 0 radical (unpaired) electrons. The van der Waals surface area contributed by atoms with E-state index < -0.39 is 6.10 Å². The second kappa shape index (κ2) is 6.93. The molecule has 0 spiro atoms. The van der Waals surface area contributed by atoms with Gasteiger partial charge in [-0.2, -0.15) is 0 Å². The quantitative estimate of drug-likeness (QED) is 0.540. The molecule has 0 saturated carbocycles. The number of imidazole rings is 1. The Balaban J connectivity index is 1.65. The highest BCUT2D eigenvalue weighted by Crippen LogP contribution is 2.27. The molecule has 134 valence electrons. The first-order chi connectivity index (χ1) is 12.6. The number of nitrogens with one attached hydrogen (secondary N) is 1. The molecule has 1 atom stereocenters. The molecule has 0 amide bonds. The third kappa shape index (κ3) is 3.36. The van der Waals surface area contributed by atoms with Gasteiger partial charge in [0, 0.05) is 11.9 Å². The number of para-hydroxylation sites is 2. The number of benzene rings is 1. The van der Waals surface area contributed by atoms with E-state index in [1.54, 1.807) is 18.3 Å². The van der Waals surface area contributed by atoms with Crippen LogP contribution in [0, 0.1) is 6.92 Å². The van der Waals surface area contributed by atoms with Gasteiger partial charge in [-0.15, -0.1) is 11.3 Å². The SMILES string of the molecule is Cc1ccc(-c2nc(Cn3c(NC[C@@H](C)O)nc4ccccc43)cs2)o1. The number of aliphatic hydroxyl groups is 1. The number of thiazole rings is 1. The molecule has 3 heterocycles. The minimum atomic E-state index is -0.448. The van der Waals surface area contributed by atoms with Gasteiger partial charge < -0.3 is 19.4 Å². The van der Waals surface area contributed by atoms with E-state index in [9.17, 15) is 5.11 Å². The fourth-order valence-electron chi connectivity index (χ4n) is 2.81.